The molecule has 0 spiro atoms. The zero-order valence-electron chi connectivity index (χ0n) is 14.3. The van der Waals surface area contributed by atoms with Gasteiger partial charge in [0.25, 0.3) is 11.6 Å². The van der Waals surface area contributed by atoms with Crippen LogP contribution in [0, 0.1) is 10.1 Å². The van der Waals surface area contributed by atoms with Crippen LogP contribution in [0.1, 0.15) is 36.9 Å². The second-order valence-corrected chi connectivity index (χ2v) is 6.69. The maximum absolute atomic E-state index is 12.5. The van der Waals surface area contributed by atoms with E-state index in [0.717, 1.165) is 24.8 Å². The van der Waals surface area contributed by atoms with Crippen molar-refractivity contribution in [2.75, 3.05) is 0 Å². The van der Waals surface area contributed by atoms with Gasteiger partial charge in [0.1, 0.15) is 5.75 Å². The van der Waals surface area contributed by atoms with E-state index >= 15 is 0 Å². The number of benzene rings is 2. The monoisotopic (exact) mass is 374 g/mol. The van der Waals surface area contributed by atoms with E-state index in [1.807, 2.05) is 18.2 Å². The number of nitrogens with zero attached hydrogens (tertiary/aromatic N) is 1. The van der Waals surface area contributed by atoms with Crippen molar-refractivity contribution in [3.05, 3.63) is 68.7 Å². The third-order valence-corrected chi connectivity index (χ3v) is 4.78. The third kappa shape index (κ3) is 3.96. The minimum Gasteiger partial charge on any atom is -0.479 e. The zero-order chi connectivity index (χ0) is 18.7. The minimum absolute atomic E-state index is 0.0363. The molecule has 136 valence electrons. The van der Waals surface area contributed by atoms with Crippen molar-refractivity contribution in [1.29, 1.82) is 0 Å². The highest BCUT2D eigenvalue weighted by Crippen LogP contribution is 2.31. The molecule has 7 heteroatoms. The van der Waals surface area contributed by atoms with Crippen LogP contribution in [-0.2, 0) is 11.2 Å². The molecule has 2 aromatic carbocycles. The average molecular weight is 375 g/mol. The van der Waals surface area contributed by atoms with Gasteiger partial charge in [0, 0.05) is 12.1 Å². The second kappa shape index (κ2) is 7.74. The molecule has 1 aliphatic carbocycles. The second-order valence-electron chi connectivity index (χ2n) is 6.28. The van der Waals surface area contributed by atoms with Gasteiger partial charge in [-0.15, -0.1) is 0 Å². The molecule has 0 saturated carbocycles. The highest BCUT2D eigenvalue weighted by atomic mass is 35.5. The number of halogens is 1. The van der Waals surface area contributed by atoms with E-state index in [9.17, 15) is 14.9 Å². The van der Waals surface area contributed by atoms with Gasteiger partial charge in [-0.3, -0.25) is 14.9 Å². The molecular weight excluding hydrogens is 356 g/mol. The van der Waals surface area contributed by atoms with Crippen molar-refractivity contribution in [2.24, 2.45) is 0 Å². The highest BCUT2D eigenvalue weighted by Gasteiger charge is 2.25. The first kappa shape index (κ1) is 18.2. The summed E-state index contributed by atoms with van der Waals surface area (Å²) in [5.74, 6) is -0.00918. The van der Waals surface area contributed by atoms with Gasteiger partial charge in [-0.05, 0) is 43.4 Å². The first-order valence-corrected chi connectivity index (χ1v) is 8.82. The minimum atomic E-state index is -0.775. The number of carbonyl (C=O) groups is 1. The summed E-state index contributed by atoms with van der Waals surface area (Å²) in [7, 11) is 0. The Morgan fingerprint density at radius 3 is 2.85 bits per heavy atom. The van der Waals surface area contributed by atoms with E-state index in [4.69, 9.17) is 16.3 Å². The normalized spacial score (nSPS) is 17.1. The first-order chi connectivity index (χ1) is 12.5. The molecule has 1 N–H and O–H groups in total. The number of rotatable bonds is 5. The molecule has 0 saturated heterocycles. The molecule has 0 bridgehead atoms. The molecule has 3 rings (SSSR count). The Balaban J connectivity index is 1.67. The molecule has 0 aromatic heterocycles. The first-order valence-electron chi connectivity index (χ1n) is 8.44. The van der Waals surface area contributed by atoms with Crippen molar-refractivity contribution in [2.45, 2.75) is 38.3 Å². The lowest BCUT2D eigenvalue weighted by Crippen LogP contribution is -2.39. The standard InChI is InChI=1S/C19H19ClN2O4/c1-12(26-18-10-9-14(22(24)25)11-16(18)20)19(23)21-17-8-4-6-13-5-2-3-7-15(13)17/h2-3,5,7,9-12,17H,4,6,8H2,1H3,(H,21,23). The van der Waals surface area contributed by atoms with Gasteiger partial charge in [0.2, 0.25) is 0 Å². The number of hydrogen-bond acceptors (Lipinski definition) is 4. The van der Waals surface area contributed by atoms with Gasteiger partial charge in [0.05, 0.1) is 16.0 Å². The summed E-state index contributed by atoms with van der Waals surface area (Å²) >= 11 is 6.02. The third-order valence-electron chi connectivity index (χ3n) is 4.49. The van der Waals surface area contributed by atoms with Crippen LogP contribution in [0.2, 0.25) is 5.02 Å². The van der Waals surface area contributed by atoms with Crippen molar-refractivity contribution >= 4 is 23.2 Å². The van der Waals surface area contributed by atoms with E-state index in [1.54, 1.807) is 6.92 Å². The number of nitro groups is 1. The average Bonchev–Trinajstić information content (AvgIpc) is 2.63. The van der Waals surface area contributed by atoms with E-state index in [2.05, 4.69) is 11.4 Å². The van der Waals surface area contributed by atoms with Crippen molar-refractivity contribution in [3.8, 4) is 5.75 Å². The quantitative estimate of drug-likeness (QED) is 0.627. The molecule has 0 aliphatic heterocycles. The Kier molecular flexibility index (Phi) is 5.42. The number of hydrogen-bond donors (Lipinski definition) is 1. The molecule has 2 atom stereocenters. The maximum Gasteiger partial charge on any atom is 0.271 e. The number of fused-ring (bicyclic) bond motifs is 1. The molecule has 0 fully saturated rings. The number of nitrogens with one attached hydrogen (secondary N) is 1. The maximum atomic E-state index is 12.5. The summed E-state index contributed by atoms with van der Waals surface area (Å²) in [5, 5.41) is 13.9. The van der Waals surface area contributed by atoms with E-state index < -0.39 is 11.0 Å². The van der Waals surface area contributed by atoms with Gasteiger partial charge in [-0.1, -0.05) is 35.9 Å². The van der Waals surface area contributed by atoms with Crippen LogP contribution in [0.5, 0.6) is 5.75 Å². The molecule has 26 heavy (non-hydrogen) atoms. The Hall–Kier alpha value is -2.60. The van der Waals surface area contributed by atoms with E-state index in [1.165, 1.54) is 23.8 Å². The van der Waals surface area contributed by atoms with E-state index in [-0.39, 0.29) is 28.4 Å². The summed E-state index contributed by atoms with van der Waals surface area (Å²) in [5.41, 5.74) is 2.28. The van der Waals surface area contributed by atoms with Gasteiger partial charge < -0.3 is 10.1 Å². The SMILES string of the molecule is CC(Oc1ccc([N+](=O)[O-])cc1Cl)C(=O)NC1CCCc2ccccc21. The lowest BCUT2D eigenvalue weighted by Gasteiger charge is -2.27. The predicted octanol–water partition coefficient (Wildman–Crippen LogP) is 4.21. The molecule has 1 aliphatic rings. The van der Waals surface area contributed by atoms with Crippen molar-refractivity contribution < 1.29 is 14.5 Å². The Bertz CT molecular complexity index is 840. The summed E-state index contributed by atoms with van der Waals surface area (Å²) < 4.78 is 5.60. The smallest absolute Gasteiger partial charge is 0.271 e. The fourth-order valence-electron chi connectivity index (χ4n) is 3.14. The molecular formula is C19H19ClN2O4. The van der Waals surface area contributed by atoms with Crippen LogP contribution in [0.4, 0.5) is 5.69 Å². The summed E-state index contributed by atoms with van der Waals surface area (Å²) in [6.45, 7) is 1.63. The van der Waals surface area contributed by atoms with E-state index in [0.29, 0.717) is 0 Å². The number of non-ortho nitro benzene ring substituents is 1. The van der Waals surface area contributed by atoms with Gasteiger partial charge in [-0.2, -0.15) is 0 Å². The zero-order valence-corrected chi connectivity index (χ0v) is 15.0. The summed E-state index contributed by atoms with van der Waals surface area (Å²) in [6, 6.07) is 12.0. The topological polar surface area (TPSA) is 81.5 Å². The molecule has 1 amide bonds. The van der Waals surface area contributed by atoms with Crippen LogP contribution < -0.4 is 10.1 Å². The Labute approximate surface area is 156 Å². The summed E-state index contributed by atoms with van der Waals surface area (Å²) in [4.78, 5) is 22.7. The highest BCUT2D eigenvalue weighted by molar-refractivity contribution is 6.32. The summed E-state index contributed by atoms with van der Waals surface area (Å²) in [6.07, 6.45) is 2.15. The van der Waals surface area contributed by atoms with Crippen molar-refractivity contribution in [1.82, 2.24) is 5.32 Å². The molecule has 0 heterocycles. The van der Waals surface area contributed by atoms with Crippen LogP contribution in [0.3, 0.4) is 0 Å². The largest absolute Gasteiger partial charge is 0.479 e. The van der Waals surface area contributed by atoms with Gasteiger partial charge in [0.15, 0.2) is 6.10 Å². The molecule has 6 nitrogen and oxygen atoms in total. The van der Waals surface area contributed by atoms with Crippen molar-refractivity contribution in [3.63, 3.8) is 0 Å². The fraction of sp³-hybridized carbons (Fsp3) is 0.316. The number of carbonyl (C=O) groups excluding carboxylic acids is 1. The number of amides is 1. The van der Waals surface area contributed by atoms with Gasteiger partial charge in [-0.25, -0.2) is 0 Å². The number of ether oxygens (including phenoxy) is 1. The fourth-order valence-corrected chi connectivity index (χ4v) is 3.36. The molecule has 2 unspecified atom stereocenters. The number of nitro benzene ring substituents is 1. The van der Waals surface area contributed by atoms with Crippen LogP contribution in [0.25, 0.3) is 0 Å². The number of aryl methyl sites for hydroxylation is 1. The Morgan fingerprint density at radius 2 is 2.12 bits per heavy atom. The van der Waals surface area contributed by atoms with Gasteiger partial charge >= 0.3 is 0 Å². The molecule has 0 radical (unpaired) electrons. The lowest BCUT2D eigenvalue weighted by molar-refractivity contribution is -0.384. The van der Waals surface area contributed by atoms with Crippen LogP contribution in [0.15, 0.2) is 42.5 Å². The van der Waals surface area contributed by atoms with Crippen LogP contribution in [-0.4, -0.2) is 16.9 Å². The van der Waals surface area contributed by atoms with Crippen LogP contribution >= 0.6 is 11.6 Å². The predicted molar refractivity (Wildman–Crippen MR) is 98.5 cm³/mol. The Morgan fingerprint density at radius 1 is 1.35 bits per heavy atom. The lowest BCUT2D eigenvalue weighted by atomic mass is 9.87. The molecule has 2 aromatic rings.